The number of unbranched alkanes of at least 4 members (excludes halogenated alkanes) is 1. The lowest BCUT2D eigenvalue weighted by Gasteiger charge is -2.06. The van der Waals surface area contributed by atoms with Crippen molar-refractivity contribution in [1.29, 1.82) is 5.26 Å². The average Bonchev–Trinajstić information content (AvgIpc) is 2.03. The van der Waals surface area contributed by atoms with Crippen LogP contribution < -0.4 is 0 Å². The molecule has 0 aromatic carbocycles. The van der Waals surface area contributed by atoms with E-state index in [2.05, 4.69) is 0 Å². The number of carboxylic acid groups (broad SMARTS) is 1. The van der Waals surface area contributed by atoms with E-state index in [1.54, 1.807) is 0 Å². The molecule has 1 unspecified atom stereocenters. The molecule has 6 heteroatoms. The van der Waals surface area contributed by atoms with E-state index in [1.165, 1.54) is 6.92 Å². The van der Waals surface area contributed by atoms with Gasteiger partial charge in [-0.05, 0) is 6.42 Å². The molecule has 0 aromatic rings. The SMILES string of the molecule is CC(CS(=O)(=O)CCCC#N)C(=O)O. The summed E-state index contributed by atoms with van der Waals surface area (Å²) in [7, 11) is -3.33. The van der Waals surface area contributed by atoms with E-state index in [9.17, 15) is 13.2 Å². The molecule has 0 aromatic heterocycles. The number of aliphatic carboxylic acids is 1. The molecule has 0 aliphatic heterocycles. The minimum absolute atomic E-state index is 0.113. The highest BCUT2D eigenvalue weighted by atomic mass is 32.2. The predicted octanol–water partition coefficient (Wildman–Crippen LogP) is 0.426. The largest absolute Gasteiger partial charge is 0.481 e. The van der Waals surface area contributed by atoms with Gasteiger partial charge < -0.3 is 5.11 Å². The van der Waals surface area contributed by atoms with Crippen LogP contribution in [0.5, 0.6) is 0 Å². The average molecular weight is 219 g/mol. The Labute approximate surface area is 83.3 Å². The highest BCUT2D eigenvalue weighted by Crippen LogP contribution is 2.04. The Morgan fingerprint density at radius 2 is 2.14 bits per heavy atom. The zero-order valence-corrected chi connectivity index (χ0v) is 8.75. The van der Waals surface area contributed by atoms with Gasteiger partial charge in [-0.3, -0.25) is 4.79 Å². The maximum Gasteiger partial charge on any atom is 0.307 e. The van der Waals surface area contributed by atoms with Crippen molar-refractivity contribution in [2.45, 2.75) is 19.8 Å². The fourth-order valence-electron chi connectivity index (χ4n) is 0.907. The molecule has 5 nitrogen and oxygen atoms in total. The van der Waals surface area contributed by atoms with Crippen molar-refractivity contribution >= 4 is 15.8 Å². The van der Waals surface area contributed by atoms with Crippen LogP contribution >= 0.6 is 0 Å². The zero-order chi connectivity index (χ0) is 11.2. The van der Waals surface area contributed by atoms with Gasteiger partial charge in [0.15, 0.2) is 9.84 Å². The van der Waals surface area contributed by atoms with Crippen molar-refractivity contribution in [2.75, 3.05) is 11.5 Å². The Kier molecular flexibility index (Phi) is 5.16. The van der Waals surface area contributed by atoms with Gasteiger partial charge in [-0.15, -0.1) is 0 Å². The topological polar surface area (TPSA) is 95.2 Å². The molecule has 0 radical (unpaired) electrons. The van der Waals surface area contributed by atoms with Gasteiger partial charge in [0.1, 0.15) is 0 Å². The molecule has 0 fully saturated rings. The van der Waals surface area contributed by atoms with Gasteiger partial charge in [0.2, 0.25) is 0 Å². The molecule has 1 N–H and O–H groups in total. The second-order valence-corrected chi connectivity index (χ2v) is 5.34. The van der Waals surface area contributed by atoms with Crippen LogP contribution in [-0.2, 0) is 14.6 Å². The fraction of sp³-hybridized carbons (Fsp3) is 0.750. The molecule has 14 heavy (non-hydrogen) atoms. The second-order valence-electron chi connectivity index (χ2n) is 3.12. The van der Waals surface area contributed by atoms with Crippen molar-refractivity contribution in [3.63, 3.8) is 0 Å². The lowest BCUT2D eigenvalue weighted by molar-refractivity contribution is -0.140. The van der Waals surface area contributed by atoms with Crippen LogP contribution in [-0.4, -0.2) is 31.0 Å². The first-order chi connectivity index (χ1) is 6.39. The van der Waals surface area contributed by atoms with E-state index >= 15 is 0 Å². The van der Waals surface area contributed by atoms with E-state index in [-0.39, 0.29) is 24.3 Å². The summed E-state index contributed by atoms with van der Waals surface area (Å²) in [6, 6.07) is 1.84. The molecule has 0 aliphatic carbocycles. The van der Waals surface area contributed by atoms with E-state index in [4.69, 9.17) is 10.4 Å². The molecule has 0 saturated heterocycles. The molecule has 0 amide bonds. The molecule has 0 heterocycles. The summed E-state index contributed by atoms with van der Waals surface area (Å²) in [6.45, 7) is 1.35. The number of sulfone groups is 1. The number of nitriles is 1. The molecule has 0 spiro atoms. The lowest BCUT2D eigenvalue weighted by Crippen LogP contribution is -2.22. The molecule has 1 atom stereocenters. The van der Waals surface area contributed by atoms with Crippen molar-refractivity contribution in [3.05, 3.63) is 0 Å². The minimum Gasteiger partial charge on any atom is -0.481 e. The van der Waals surface area contributed by atoms with Crippen LogP contribution in [0.25, 0.3) is 0 Å². The summed E-state index contributed by atoms with van der Waals surface area (Å²) in [4.78, 5) is 10.4. The zero-order valence-electron chi connectivity index (χ0n) is 7.93. The van der Waals surface area contributed by atoms with E-state index < -0.39 is 21.7 Å². The van der Waals surface area contributed by atoms with Crippen molar-refractivity contribution < 1.29 is 18.3 Å². The number of rotatable bonds is 6. The summed E-state index contributed by atoms with van der Waals surface area (Å²) in [5.41, 5.74) is 0. The minimum atomic E-state index is -3.33. The summed E-state index contributed by atoms with van der Waals surface area (Å²) < 4.78 is 22.5. The third kappa shape index (κ3) is 5.54. The Morgan fingerprint density at radius 1 is 1.57 bits per heavy atom. The Hall–Kier alpha value is -1.09. The van der Waals surface area contributed by atoms with Gasteiger partial charge in [0.05, 0.1) is 23.5 Å². The first kappa shape index (κ1) is 12.9. The van der Waals surface area contributed by atoms with Crippen molar-refractivity contribution in [1.82, 2.24) is 0 Å². The molecular formula is C8H13NO4S. The highest BCUT2D eigenvalue weighted by Gasteiger charge is 2.20. The van der Waals surface area contributed by atoms with Crippen LogP contribution in [0.3, 0.4) is 0 Å². The van der Waals surface area contributed by atoms with E-state index in [0.29, 0.717) is 0 Å². The van der Waals surface area contributed by atoms with Gasteiger partial charge in [0, 0.05) is 6.42 Å². The normalized spacial score (nSPS) is 13.1. The molecular weight excluding hydrogens is 206 g/mol. The van der Waals surface area contributed by atoms with E-state index in [0.717, 1.165) is 0 Å². The van der Waals surface area contributed by atoms with Gasteiger partial charge >= 0.3 is 5.97 Å². The molecule has 0 rings (SSSR count). The van der Waals surface area contributed by atoms with Crippen molar-refractivity contribution in [2.24, 2.45) is 5.92 Å². The standard InChI is InChI=1S/C8H13NO4S/c1-7(8(10)11)6-14(12,13)5-3-2-4-9/h7H,2-3,5-6H2,1H3,(H,10,11). The van der Waals surface area contributed by atoms with E-state index in [1.807, 2.05) is 6.07 Å². The lowest BCUT2D eigenvalue weighted by atomic mass is 10.2. The van der Waals surface area contributed by atoms with Gasteiger partial charge in [0.25, 0.3) is 0 Å². The van der Waals surface area contributed by atoms with Gasteiger partial charge in [-0.1, -0.05) is 6.92 Å². The highest BCUT2D eigenvalue weighted by molar-refractivity contribution is 7.91. The third-order valence-electron chi connectivity index (χ3n) is 1.67. The molecule has 0 aliphatic rings. The van der Waals surface area contributed by atoms with Crippen LogP contribution in [0.15, 0.2) is 0 Å². The first-order valence-corrected chi connectivity index (χ1v) is 6.01. The number of nitrogens with zero attached hydrogens (tertiary/aromatic N) is 1. The van der Waals surface area contributed by atoms with Crippen molar-refractivity contribution in [3.8, 4) is 6.07 Å². The summed E-state index contributed by atoms with van der Waals surface area (Å²) in [5, 5.41) is 16.7. The summed E-state index contributed by atoms with van der Waals surface area (Å²) in [6.07, 6.45) is 0.450. The maximum atomic E-state index is 11.2. The number of hydrogen-bond acceptors (Lipinski definition) is 4. The molecule has 0 saturated carbocycles. The number of carbonyl (C=O) groups is 1. The summed E-state index contributed by atoms with van der Waals surface area (Å²) in [5.74, 6) is -2.47. The smallest absolute Gasteiger partial charge is 0.307 e. The molecule has 80 valence electrons. The van der Waals surface area contributed by atoms with Crippen LogP contribution in [0.4, 0.5) is 0 Å². The third-order valence-corrected chi connectivity index (χ3v) is 3.59. The van der Waals surface area contributed by atoms with Crippen LogP contribution in [0.1, 0.15) is 19.8 Å². The molecule has 0 bridgehead atoms. The second kappa shape index (κ2) is 5.60. The maximum absolute atomic E-state index is 11.2. The Morgan fingerprint density at radius 3 is 2.57 bits per heavy atom. The Bertz CT molecular complexity index is 328. The monoisotopic (exact) mass is 219 g/mol. The fourth-order valence-corrected chi connectivity index (χ4v) is 2.56. The number of hydrogen-bond donors (Lipinski definition) is 1. The summed E-state index contributed by atoms with van der Waals surface area (Å²) >= 11 is 0. The van der Waals surface area contributed by atoms with Crippen LogP contribution in [0, 0.1) is 17.2 Å². The van der Waals surface area contributed by atoms with Gasteiger partial charge in [-0.25, -0.2) is 8.42 Å². The quantitative estimate of drug-likeness (QED) is 0.653. The predicted molar refractivity (Wildman–Crippen MR) is 50.3 cm³/mol. The van der Waals surface area contributed by atoms with Gasteiger partial charge in [-0.2, -0.15) is 5.26 Å². The van der Waals surface area contributed by atoms with Crippen LogP contribution in [0.2, 0.25) is 0 Å². The number of carboxylic acids is 1. The Balaban J connectivity index is 4.09. The first-order valence-electron chi connectivity index (χ1n) is 4.19.